The number of nitrogens with one attached hydrogen (secondary N) is 1. The highest BCUT2D eigenvalue weighted by atomic mass is 15.3. The van der Waals surface area contributed by atoms with Crippen molar-refractivity contribution in [2.24, 2.45) is 22.5 Å². The molecule has 0 aliphatic heterocycles. The molecular formula is C6H15N4+. The van der Waals surface area contributed by atoms with Crippen LogP contribution in [0.2, 0.25) is 0 Å². The summed E-state index contributed by atoms with van der Waals surface area (Å²) < 4.78 is 0. The van der Waals surface area contributed by atoms with Gasteiger partial charge in [0.25, 0.3) is 0 Å². The molecular weight excluding hydrogens is 128 g/mol. The van der Waals surface area contributed by atoms with E-state index in [-0.39, 0.29) is 5.96 Å². The van der Waals surface area contributed by atoms with E-state index in [1.807, 2.05) is 20.8 Å². The van der Waals surface area contributed by atoms with Gasteiger partial charge in [-0.05, 0) is 12.8 Å². The normalized spacial score (nSPS) is 11.8. The summed E-state index contributed by atoms with van der Waals surface area (Å²) in [6.45, 7) is 6.01. The molecule has 4 heteroatoms. The van der Waals surface area contributed by atoms with E-state index in [0.29, 0.717) is 5.92 Å². The first-order valence-corrected chi connectivity index (χ1v) is 3.22. The molecule has 0 atom stereocenters. The van der Waals surface area contributed by atoms with E-state index in [4.69, 9.17) is 11.5 Å². The van der Waals surface area contributed by atoms with Crippen molar-refractivity contribution in [3.05, 3.63) is 0 Å². The number of hydrogen-bond donors (Lipinski definition) is 3. The van der Waals surface area contributed by atoms with Gasteiger partial charge < -0.3 is 0 Å². The van der Waals surface area contributed by atoms with Gasteiger partial charge in [0.15, 0.2) is 0 Å². The van der Waals surface area contributed by atoms with Crippen LogP contribution in [-0.4, -0.2) is 11.7 Å². The molecule has 0 spiro atoms. The van der Waals surface area contributed by atoms with Crippen LogP contribution in [0.5, 0.6) is 0 Å². The van der Waals surface area contributed by atoms with E-state index in [0.717, 1.165) is 5.71 Å². The minimum atomic E-state index is 0.125. The lowest BCUT2D eigenvalue weighted by atomic mass is 10.1. The van der Waals surface area contributed by atoms with Gasteiger partial charge in [-0.2, -0.15) is 5.10 Å². The van der Waals surface area contributed by atoms with Crippen molar-refractivity contribution in [3.63, 3.8) is 0 Å². The summed E-state index contributed by atoms with van der Waals surface area (Å²) in [6, 6.07) is 0. The Hall–Kier alpha value is -1.06. The van der Waals surface area contributed by atoms with E-state index in [1.54, 1.807) is 0 Å². The third kappa shape index (κ3) is 3.88. The summed E-state index contributed by atoms with van der Waals surface area (Å²) in [5.74, 6) is 0.548. The largest absolute Gasteiger partial charge is 0.362 e. The van der Waals surface area contributed by atoms with E-state index in [9.17, 15) is 0 Å². The van der Waals surface area contributed by atoms with E-state index >= 15 is 0 Å². The second-order valence-corrected chi connectivity index (χ2v) is 2.48. The Labute approximate surface area is 61.0 Å². The zero-order chi connectivity index (χ0) is 8.15. The van der Waals surface area contributed by atoms with Crippen molar-refractivity contribution in [1.82, 2.24) is 0 Å². The van der Waals surface area contributed by atoms with Crippen LogP contribution < -0.4 is 16.6 Å². The van der Waals surface area contributed by atoms with E-state index in [1.165, 1.54) is 0 Å². The van der Waals surface area contributed by atoms with Gasteiger partial charge in [-0.15, -0.1) is 5.10 Å². The first-order chi connectivity index (χ1) is 4.54. The molecule has 58 valence electrons. The van der Waals surface area contributed by atoms with Crippen LogP contribution in [0.15, 0.2) is 5.10 Å². The summed E-state index contributed by atoms with van der Waals surface area (Å²) in [4.78, 5) is 0. The second kappa shape index (κ2) is 3.87. The third-order valence-electron chi connectivity index (χ3n) is 1.20. The smallest absolute Gasteiger partial charge is 0.289 e. The van der Waals surface area contributed by atoms with E-state index < -0.39 is 0 Å². The van der Waals surface area contributed by atoms with Crippen molar-refractivity contribution >= 4 is 11.7 Å². The number of nitrogens with zero attached hydrogens (tertiary/aromatic N) is 1. The molecule has 0 saturated carbocycles. The maximum Gasteiger partial charge on any atom is 0.362 e. The molecule has 10 heavy (non-hydrogen) atoms. The summed E-state index contributed by atoms with van der Waals surface area (Å²) in [7, 11) is 0. The zero-order valence-electron chi connectivity index (χ0n) is 6.68. The molecule has 0 amide bonds. The Bertz CT molecular complexity index is 153. The van der Waals surface area contributed by atoms with Gasteiger partial charge in [-0.25, -0.2) is 0 Å². The topological polar surface area (TPSA) is 78.4 Å². The fourth-order valence-corrected chi connectivity index (χ4v) is 0.282. The Kier molecular flexibility index (Phi) is 3.46. The molecule has 0 aliphatic rings. The first kappa shape index (κ1) is 8.94. The van der Waals surface area contributed by atoms with Crippen molar-refractivity contribution < 1.29 is 5.10 Å². The molecule has 0 aromatic rings. The molecule has 0 aromatic heterocycles. The molecule has 0 fully saturated rings. The lowest BCUT2D eigenvalue weighted by Crippen LogP contribution is -2.73. The predicted molar refractivity (Wildman–Crippen MR) is 42.3 cm³/mol. The number of hydrogen-bond acceptors (Lipinski definition) is 1. The number of hydrazone groups is 1. The Morgan fingerprint density at radius 1 is 1.40 bits per heavy atom. The van der Waals surface area contributed by atoms with Crippen LogP contribution in [0.3, 0.4) is 0 Å². The van der Waals surface area contributed by atoms with Gasteiger partial charge in [-0.1, -0.05) is 13.8 Å². The lowest BCUT2D eigenvalue weighted by molar-refractivity contribution is -0.464. The lowest BCUT2D eigenvalue weighted by Gasteiger charge is -1.98. The van der Waals surface area contributed by atoms with Crippen LogP contribution in [0.4, 0.5) is 0 Å². The molecule has 0 bridgehead atoms. The van der Waals surface area contributed by atoms with Crippen LogP contribution >= 0.6 is 0 Å². The van der Waals surface area contributed by atoms with Gasteiger partial charge in [0.1, 0.15) is 0 Å². The molecule has 0 heterocycles. The average Bonchev–Trinajstić information content (AvgIpc) is 1.82. The molecule has 5 N–H and O–H groups in total. The summed E-state index contributed by atoms with van der Waals surface area (Å²) in [5.41, 5.74) is 11.2. The summed E-state index contributed by atoms with van der Waals surface area (Å²) in [6.07, 6.45) is 0. The first-order valence-electron chi connectivity index (χ1n) is 3.22. The quantitative estimate of drug-likeness (QED) is 0.246. The Balaban J connectivity index is 4.05. The number of rotatable bonds is 2. The average molecular weight is 143 g/mol. The van der Waals surface area contributed by atoms with Gasteiger partial charge >= 0.3 is 5.96 Å². The minimum Gasteiger partial charge on any atom is -0.289 e. The highest BCUT2D eigenvalue weighted by molar-refractivity contribution is 5.83. The third-order valence-corrected chi connectivity index (χ3v) is 1.20. The molecule has 0 radical (unpaired) electrons. The van der Waals surface area contributed by atoms with Gasteiger partial charge in [0.05, 0.1) is 5.71 Å². The molecule has 4 nitrogen and oxygen atoms in total. The predicted octanol–water partition coefficient (Wildman–Crippen LogP) is -1.63. The van der Waals surface area contributed by atoms with Crippen molar-refractivity contribution in [1.29, 1.82) is 0 Å². The molecule has 0 unspecified atom stereocenters. The fraction of sp³-hybridized carbons (Fsp3) is 0.667. The van der Waals surface area contributed by atoms with Crippen LogP contribution in [0.1, 0.15) is 20.8 Å². The van der Waals surface area contributed by atoms with Gasteiger partial charge in [-0.3, -0.25) is 11.5 Å². The standard InChI is InChI=1S/C6H14N4/c1-4(2)5(3)9-10-6(7)8/h4H,1-3H3,(H4,7,8,10)/p+1/b9-5+. The van der Waals surface area contributed by atoms with E-state index in [2.05, 4.69) is 10.2 Å². The highest BCUT2D eigenvalue weighted by Crippen LogP contribution is 1.92. The van der Waals surface area contributed by atoms with Crippen molar-refractivity contribution in [2.75, 3.05) is 0 Å². The van der Waals surface area contributed by atoms with Gasteiger partial charge in [0, 0.05) is 0 Å². The molecule has 0 aromatic carbocycles. The van der Waals surface area contributed by atoms with Crippen molar-refractivity contribution in [3.8, 4) is 0 Å². The second-order valence-electron chi connectivity index (χ2n) is 2.48. The maximum atomic E-state index is 5.12. The van der Waals surface area contributed by atoms with Crippen LogP contribution in [0.25, 0.3) is 0 Å². The Morgan fingerprint density at radius 2 is 1.90 bits per heavy atom. The van der Waals surface area contributed by atoms with Crippen LogP contribution in [0, 0.1) is 5.92 Å². The fourth-order valence-electron chi connectivity index (χ4n) is 0.282. The Morgan fingerprint density at radius 3 is 2.20 bits per heavy atom. The molecule has 0 aliphatic carbocycles. The maximum absolute atomic E-state index is 5.12. The number of guanidine groups is 1. The molecule has 0 saturated heterocycles. The minimum absolute atomic E-state index is 0.125. The molecule has 0 rings (SSSR count). The van der Waals surface area contributed by atoms with Crippen LogP contribution in [-0.2, 0) is 0 Å². The summed E-state index contributed by atoms with van der Waals surface area (Å²) >= 11 is 0. The zero-order valence-corrected chi connectivity index (χ0v) is 6.68. The van der Waals surface area contributed by atoms with Gasteiger partial charge in [0.2, 0.25) is 0 Å². The van der Waals surface area contributed by atoms with Crippen molar-refractivity contribution in [2.45, 2.75) is 20.8 Å². The summed E-state index contributed by atoms with van der Waals surface area (Å²) in [5, 5.41) is 6.39. The number of nitrogens with two attached hydrogens (primary N) is 2. The SMILES string of the molecule is C/C(=N\[NH+]=C(N)N)C(C)C. The monoisotopic (exact) mass is 143 g/mol. The highest BCUT2D eigenvalue weighted by Gasteiger charge is 1.96.